The van der Waals surface area contributed by atoms with E-state index in [2.05, 4.69) is 5.32 Å². The lowest BCUT2D eigenvalue weighted by atomic mass is 10.4. The molecule has 3 heteroatoms. The lowest BCUT2D eigenvalue weighted by molar-refractivity contribution is 0.131. The zero-order valence-corrected chi connectivity index (χ0v) is 6.73. The maximum absolute atomic E-state index is 5.28. The molecule has 0 saturated heterocycles. The zero-order valence-electron chi connectivity index (χ0n) is 6.73. The summed E-state index contributed by atoms with van der Waals surface area (Å²) < 4.78 is 5.26. The predicted octanol–water partition coefficient (Wildman–Crippen LogP) is -0.0387. The van der Waals surface area contributed by atoms with Gasteiger partial charge in [-0.25, -0.2) is 0 Å². The lowest BCUT2D eigenvalue weighted by Crippen LogP contribution is -2.11. The molecule has 0 aromatic rings. The number of nitrogens with two attached hydrogens (primary N) is 1. The average molecular weight is 146 g/mol. The molecule has 0 fully saturated rings. The van der Waals surface area contributed by atoms with Crippen molar-refractivity contribution in [1.29, 1.82) is 0 Å². The van der Waals surface area contributed by atoms with Crippen LogP contribution in [0.4, 0.5) is 0 Å². The lowest BCUT2D eigenvalue weighted by Gasteiger charge is -2.01. The van der Waals surface area contributed by atoms with E-state index in [0.29, 0.717) is 0 Å². The van der Waals surface area contributed by atoms with Gasteiger partial charge >= 0.3 is 0 Å². The molecule has 0 aliphatic heterocycles. The van der Waals surface area contributed by atoms with Crippen molar-refractivity contribution in [3.63, 3.8) is 0 Å². The molecule has 0 amide bonds. The van der Waals surface area contributed by atoms with Crippen molar-refractivity contribution in [3.05, 3.63) is 0 Å². The van der Waals surface area contributed by atoms with Crippen LogP contribution in [-0.2, 0) is 4.74 Å². The van der Waals surface area contributed by atoms with Crippen molar-refractivity contribution in [2.24, 2.45) is 5.73 Å². The third-order valence-electron chi connectivity index (χ3n) is 1.21. The van der Waals surface area contributed by atoms with Gasteiger partial charge in [-0.1, -0.05) is 0 Å². The van der Waals surface area contributed by atoms with Gasteiger partial charge in [0.25, 0.3) is 0 Å². The Balaban J connectivity index is 2.65. The number of nitrogens with one attached hydrogen (secondary N) is 1. The van der Waals surface area contributed by atoms with E-state index in [1.54, 1.807) is 0 Å². The zero-order chi connectivity index (χ0) is 7.66. The molecule has 10 heavy (non-hydrogen) atoms. The Labute approximate surface area is 62.9 Å². The molecule has 0 radical (unpaired) electrons. The Hall–Kier alpha value is -0.120. The van der Waals surface area contributed by atoms with Crippen LogP contribution in [-0.4, -0.2) is 33.4 Å². The van der Waals surface area contributed by atoms with Gasteiger partial charge in [-0.15, -0.1) is 0 Å². The fraction of sp³-hybridized carbons (Fsp3) is 1.00. The van der Waals surface area contributed by atoms with Gasteiger partial charge in [0.05, 0.1) is 0 Å². The second-order valence-corrected chi connectivity index (χ2v) is 2.21. The molecule has 0 aromatic carbocycles. The molecule has 0 saturated carbocycles. The summed E-state index contributed by atoms with van der Waals surface area (Å²) in [7, 11) is 1.94. The molecule has 3 nitrogen and oxygen atoms in total. The highest BCUT2D eigenvalue weighted by atomic mass is 16.5. The molecule has 0 heterocycles. The van der Waals surface area contributed by atoms with E-state index in [-0.39, 0.29) is 0 Å². The number of rotatable bonds is 7. The smallest absolute Gasteiger partial charge is 0.0478 e. The van der Waals surface area contributed by atoms with Gasteiger partial charge < -0.3 is 15.8 Å². The number of ether oxygens (including phenoxy) is 1. The maximum Gasteiger partial charge on any atom is 0.0478 e. The van der Waals surface area contributed by atoms with Crippen molar-refractivity contribution < 1.29 is 4.74 Å². The van der Waals surface area contributed by atoms with Gasteiger partial charge in [-0.3, -0.25) is 0 Å². The van der Waals surface area contributed by atoms with Crippen molar-refractivity contribution in [3.8, 4) is 0 Å². The second kappa shape index (κ2) is 8.88. The predicted molar refractivity (Wildman–Crippen MR) is 43.0 cm³/mol. The van der Waals surface area contributed by atoms with Crippen LogP contribution in [0.15, 0.2) is 0 Å². The van der Waals surface area contributed by atoms with Gasteiger partial charge in [0.1, 0.15) is 0 Å². The van der Waals surface area contributed by atoms with E-state index in [0.717, 1.165) is 39.1 Å². The standard InChI is InChI=1S/C7H18N2O/c1-9-5-3-7-10-6-2-4-8/h9H,2-8H2,1H3. The van der Waals surface area contributed by atoms with Crippen LogP contribution >= 0.6 is 0 Å². The Kier molecular flexibility index (Phi) is 8.77. The second-order valence-electron chi connectivity index (χ2n) is 2.21. The first-order valence-electron chi connectivity index (χ1n) is 3.84. The quantitative estimate of drug-likeness (QED) is 0.495. The van der Waals surface area contributed by atoms with Gasteiger partial charge in [0.2, 0.25) is 0 Å². The van der Waals surface area contributed by atoms with E-state index >= 15 is 0 Å². The molecule has 62 valence electrons. The summed E-state index contributed by atoms with van der Waals surface area (Å²) >= 11 is 0. The summed E-state index contributed by atoms with van der Waals surface area (Å²) in [6.07, 6.45) is 2.06. The summed E-state index contributed by atoms with van der Waals surface area (Å²) in [5.74, 6) is 0. The Morgan fingerprint density at radius 2 is 2.00 bits per heavy atom. The minimum absolute atomic E-state index is 0.728. The summed E-state index contributed by atoms with van der Waals surface area (Å²) in [4.78, 5) is 0. The van der Waals surface area contributed by atoms with E-state index in [1.807, 2.05) is 7.05 Å². The molecule has 0 rings (SSSR count). The van der Waals surface area contributed by atoms with Crippen LogP contribution in [0.1, 0.15) is 12.8 Å². The summed E-state index contributed by atoms with van der Waals surface area (Å²) in [6.45, 7) is 3.41. The van der Waals surface area contributed by atoms with Crippen molar-refractivity contribution >= 4 is 0 Å². The molecule has 0 unspecified atom stereocenters. The van der Waals surface area contributed by atoms with Crippen molar-refractivity contribution in [1.82, 2.24) is 5.32 Å². The summed E-state index contributed by atoms with van der Waals surface area (Å²) in [5.41, 5.74) is 5.28. The molecule has 0 aliphatic carbocycles. The molecule has 3 N–H and O–H groups in total. The van der Waals surface area contributed by atoms with Gasteiger partial charge in [-0.05, 0) is 33.0 Å². The average Bonchev–Trinajstić information content (AvgIpc) is 1.97. The van der Waals surface area contributed by atoms with E-state index in [4.69, 9.17) is 10.5 Å². The molecule has 0 atom stereocenters. The molecule has 0 bridgehead atoms. The first kappa shape index (κ1) is 9.88. The summed E-state index contributed by atoms with van der Waals surface area (Å²) in [5, 5.41) is 3.05. The third kappa shape index (κ3) is 7.88. The van der Waals surface area contributed by atoms with Crippen LogP contribution in [0.25, 0.3) is 0 Å². The maximum atomic E-state index is 5.28. The van der Waals surface area contributed by atoms with Crippen LogP contribution < -0.4 is 11.1 Å². The fourth-order valence-corrected chi connectivity index (χ4v) is 0.638. The number of hydrogen-bond acceptors (Lipinski definition) is 3. The summed E-state index contributed by atoms with van der Waals surface area (Å²) in [6, 6.07) is 0. The van der Waals surface area contributed by atoms with Crippen LogP contribution in [0, 0.1) is 0 Å². The highest BCUT2D eigenvalue weighted by Gasteiger charge is 1.86. The van der Waals surface area contributed by atoms with Crippen LogP contribution in [0.2, 0.25) is 0 Å². The fourth-order valence-electron chi connectivity index (χ4n) is 0.638. The van der Waals surface area contributed by atoms with Crippen LogP contribution in [0.5, 0.6) is 0 Å². The van der Waals surface area contributed by atoms with Crippen LogP contribution in [0.3, 0.4) is 0 Å². The van der Waals surface area contributed by atoms with Crippen molar-refractivity contribution in [2.45, 2.75) is 12.8 Å². The molecule has 0 spiro atoms. The third-order valence-corrected chi connectivity index (χ3v) is 1.21. The monoisotopic (exact) mass is 146 g/mol. The number of hydrogen-bond donors (Lipinski definition) is 2. The topological polar surface area (TPSA) is 47.3 Å². The molecule has 0 aromatic heterocycles. The largest absolute Gasteiger partial charge is 0.381 e. The molecule has 0 aliphatic rings. The molecular formula is C7H18N2O. The highest BCUT2D eigenvalue weighted by molar-refractivity contribution is 4.40. The van der Waals surface area contributed by atoms with E-state index in [9.17, 15) is 0 Å². The Morgan fingerprint density at radius 1 is 1.30 bits per heavy atom. The molecular weight excluding hydrogens is 128 g/mol. The first-order chi connectivity index (χ1) is 4.91. The Bertz CT molecular complexity index is 51.6. The highest BCUT2D eigenvalue weighted by Crippen LogP contribution is 1.82. The normalized spacial score (nSPS) is 10.2. The minimum Gasteiger partial charge on any atom is -0.381 e. The minimum atomic E-state index is 0.728. The van der Waals surface area contributed by atoms with Crippen molar-refractivity contribution in [2.75, 3.05) is 33.4 Å². The Morgan fingerprint density at radius 3 is 2.60 bits per heavy atom. The van der Waals surface area contributed by atoms with Gasteiger partial charge in [0.15, 0.2) is 0 Å². The SMILES string of the molecule is CNCCCOCCCN. The van der Waals surface area contributed by atoms with E-state index < -0.39 is 0 Å². The van der Waals surface area contributed by atoms with E-state index in [1.165, 1.54) is 0 Å². The van der Waals surface area contributed by atoms with Gasteiger partial charge in [0, 0.05) is 13.2 Å². The van der Waals surface area contributed by atoms with Gasteiger partial charge in [-0.2, -0.15) is 0 Å². The first-order valence-corrected chi connectivity index (χ1v) is 3.84.